The molecule has 35 heavy (non-hydrogen) atoms. The number of fused-ring (bicyclic) bond motifs is 1. The van der Waals surface area contributed by atoms with Crippen LogP contribution in [0.1, 0.15) is 18.9 Å². The van der Waals surface area contributed by atoms with Crippen molar-refractivity contribution in [2.75, 3.05) is 10.5 Å². The molecule has 8 nitrogen and oxygen atoms in total. The van der Waals surface area contributed by atoms with Gasteiger partial charge in [-0.15, -0.1) is 0 Å². The van der Waals surface area contributed by atoms with E-state index in [-0.39, 0.29) is 29.3 Å². The van der Waals surface area contributed by atoms with Gasteiger partial charge in [-0.1, -0.05) is 19.1 Å². The lowest BCUT2D eigenvalue weighted by Crippen LogP contribution is -2.11. The highest BCUT2D eigenvalue weighted by Crippen LogP contribution is 2.39. The van der Waals surface area contributed by atoms with Gasteiger partial charge in [-0.3, -0.25) is 4.72 Å². The summed E-state index contributed by atoms with van der Waals surface area (Å²) in [5.74, 6) is -1.05. The molecule has 0 spiro atoms. The Balaban J connectivity index is 1.83. The highest BCUT2D eigenvalue weighted by atomic mass is 32.2. The van der Waals surface area contributed by atoms with Crippen LogP contribution in [0.25, 0.3) is 22.0 Å². The van der Waals surface area contributed by atoms with Crippen LogP contribution in [0.4, 0.5) is 20.4 Å². The highest BCUT2D eigenvalue weighted by molar-refractivity contribution is 7.95. The van der Waals surface area contributed by atoms with Crippen LogP contribution < -0.4 is 15.2 Å². The Labute approximate surface area is 200 Å². The van der Waals surface area contributed by atoms with E-state index in [1.165, 1.54) is 25.4 Å². The van der Waals surface area contributed by atoms with E-state index in [1.54, 1.807) is 37.3 Å². The van der Waals surface area contributed by atoms with Crippen molar-refractivity contribution in [1.82, 2.24) is 15.0 Å². The number of aryl methyl sites for hydroxylation is 1. The average Bonchev–Trinajstić information content (AvgIpc) is 2.82. The summed E-state index contributed by atoms with van der Waals surface area (Å²) in [6, 6.07) is 10.9. The van der Waals surface area contributed by atoms with Crippen LogP contribution in [0.15, 0.2) is 66.1 Å². The van der Waals surface area contributed by atoms with Crippen LogP contribution in [0.2, 0.25) is 0 Å². The molecule has 0 atom stereocenters. The molecule has 0 saturated carbocycles. The summed E-state index contributed by atoms with van der Waals surface area (Å²) in [6.07, 6.45) is 2.94. The van der Waals surface area contributed by atoms with Crippen molar-refractivity contribution < 1.29 is 21.9 Å². The number of ether oxygens (including phenoxy) is 1. The topological polar surface area (TPSA) is 120 Å². The summed E-state index contributed by atoms with van der Waals surface area (Å²) >= 11 is 0. The smallest absolute Gasteiger partial charge is 0.257 e. The van der Waals surface area contributed by atoms with Gasteiger partial charge in [0.05, 0.1) is 22.4 Å². The first-order chi connectivity index (χ1) is 16.7. The van der Waals surface area contributed by atoms with Gasteiger partial charge in [0.25, 0.3) is 10.0 Å². The number of benzene rings is 2. The molecular weight excluding hydrogens is 476 g/mol. The molecule has 0 aliphatic heterocycles. The second-order valence-corrected chi connectivity index (χ2v) is 9.08. The molecule has 4 rings (SSSR count). The Morgan fingerprint density at radius 1 is 1.11 bits per heavy atom. The Morgan fingerprint density at radius 3 is 2.63 bits per heavy atom. The molecule has 0 bridgehead atoms. The second kappa shape index (κ2) is 9.63. The largest absolute Gasteiger partial charge is 0.437 e. The van der Waals surface area contributed by atoms with Gasteiger partial charge in [0, 0.05) is 23.2 Å². The summed E-state index contributed by atoms with van der Waals surface area (Å²) in [5, 5.41) is 1.08. The number of nitrogens with two attached hydrogens (primary N) is 1. The zero-order valence-electron chi connectivity index (χ0n) is 18.8. The van der Waals surface area contributed by atoms with Crippen molar-refractivity contribution in [2.24, 2.45) is 0 Å². The number of anilines is 2. The Bertz CT molecular complexity index is 1560. The molecule has 2 heterocycles. The van der Waals surface area contributed by atoms with Crippen molar-refractivity contribution >= 4 is 32.4 Å². The van der Waals surface area contributed by atoms with Crippen LogP contribution >= 0.6 is 0 Å². The van der Waals surface area contributed by atoms with Crippen molar-refractivity contribution in [3.05, 3.63) is 77.5 Å². The number of aromatic nitrogens is 3. The highest BCUT2D eigenvalue weighted by Gasteiger charge is 2.19. The molecule has 0 fully saturated rings. The van der Waals surface area contributed by atoms with Gasteiger partial charge in [0.15, 0.2) is 0 Å². The minimum atomic E-state index is -4.29. The fourth-order valence-electron chi connectivity index (χ4n) is 3.41. The molecule has 2 aromatic heterocycles. The predicted molar refractivity (Wildman–Crippen MR) is 130 cm³/mol. The molecule has 4 aromatic rings. The number of hydrogen-bond donors (Lipinski definition) is 2. The SMILES string of the molecule is CC/C(F)=C/S(=O)(=O)Nc1c(F)ccc2c(Oc3ncccc3-c3ccnc(N)n3)c(C)ccc12. The Morgan fingerprint density at radius 2 is 1.89 bits per heavy atom. The Hall–Kier alpha value is -4.12. The molecule has 0 aliphatic carbocycles. The van der Waals surface area contributed by atoms with Gasteiger partial charge < -0.3 is 10.5 Å². The number of halogens is 2. The summed E-state index contributed by atoms with van der Waals surface area (Å²) in [6.45, 7) is 3.25. The maximum Gasteiger partial charge on any atom is 0.257 e. The maximum atomic E-state index is 14.7. The van der Waals surface area contributed by atoms with Crippen LogP contribution in [0, 0.1) is 12.7 Å². The van der Waals surface area contributed by atoms with E-state index in [9.17, 15) is 17.2 Å². The summed E-state index contributed by atoms with van der Waals surface area (Å²) in [7, 11) is -4.29. The average molecular weight is 498 g/mol. The molecule has 11 heteroatoms. The van der Waals surface area contributed by atoms with Crippen molar-refractivity contribution in [3.8, 4) is 22.9 Å². The van der Waals surface area contributed by atoms with Gasteiger partial charge in [-0.25, -0.2) is 32.2 Å². The third kappa shape index (κ3) is 5.19. The molecule has 3 N–H and O–H groups in total. The lowest BCUT2D eigenvalue weighted by molar-refractivity contribution is 0.466. The van der Waals surface area contributed by atoms with Gasteiger partial charge in [-0.2, -0.15) is 0 Å². The first kappa shape index (κ1) is 24.0. The Kier molecular flexibility index (Phi) is 6.61. The molecule has 0 unspecified atom stereocenters. The summed E-state index contributed by atoms with van der Waals surface area (Å²) in [4.78, 5) is 12.4. The van der Waals surface area contributed by atoms with Crippen molar-refractivity contribution in [1.29, 1.82) is 0 Å². The quantitative estimate of drug-likeness (QED) is 0.347. The van der Waals surface area contributed by atoms with Gasteiger partial charge in [0.1, 0.15) is 17.4 Å². The molecule has 0 saturated heterocycles. The predicted octanol–water partition coefficient (Wildman–Crippen LogP) is 5.48. The number of hydrogen-bond acceptors (Lipinski definition) is 7. The third-order valence-electron chi connectivity index (χ3n) is 5.08. The first-order valence-corrected chi connectivity index (χ1v) is 12.1. The van der Waals surface area contributed by atoms with Crippen LogP contribution in [-0.4, -0.2) is 23.4 Å². The molecule has 180 valence electrons. The number of allylic oxidation sites excluding steroid dienone is 1. The third-order valence-corrected chi connectivity index (χ3v) is 6.14. The van der Waals surface area contributed by atoms with Crippen LogP contribution in [0.5, 0.6) is 11.6 Å². The summed E-state index contributed by atoms with van der Waals surface area (Å²) < 4.78 is 61.4. The number of nitrogen functional groups attached to an aromatic ring is 1. The van der Waals surface area contributed by atoms with E-state index < -0.39 is 21.7 Å². The molecule has 2 aromatic carbocycles. The van der Waals surface area contributed by atoms with Gasteiger partial charge in [0.2, 0.25) is 11.8 Å². The fourth-order valence-corrected chi connectivity index (χ4v) is 4.46. The minimum absolute atomic E-state index is 0.0830. The fraction of sp³-hybridized carbons (Fsp3) is 0.125. The van der Waals surface area contributed by atoms with Crippen molar-refractivity contribution in [3.63, 3.8) is 0 Å². The molecule has 0 amide bonds. The second-order valence-electron chi connectivity index (χ2n) is 7.55. The van der Waals surface area contributed by atoms with Crippen molar-refractivity contribution in [2.45, 2.75) is 20.3 Å². The lowest BCUT2D eigenvalue weighted by atomic mass is 10.0. The number of nitrogens with zero attached hydrogens (tertiary/aromatic N) is 3. The molecular formula is C24H21F2N5O3S. The standard InChI is InChI=1S/C24H21F2N5O3S/c1-3-15(25)13-35(32,33)31-21-16-7-6-14(2)22(17(16)8-9-19(21)26)34-23-18(5-4-11-28-23)20-10-12-29-24(27)30-20/h4-13,31H,3H2,1-2H3,(H2,27,29,30)/b15-13-. The van der Waals surface area contributed by atoms with E-state index >= 15 is 0 Å². The molecule has 0 aliphatic rings. The normalized spacial score (nSPS) is 12.1. The summed E-state index contributed by atoms with van der Waals surface area (Å²) in [5.41, 5.74) is 7.11. The minimum Gasteiger partial charge on any atom is -0.437 e. The van der Waals surface area contributed by atoms with Gasteiger partial charge in [-0.05, 0) is 49.2 Å². The van der Waals surface area contributed by atoms with E-state index in [4.69, 9.17) is 10.5 Å². The number of nitrogens with one attached hydrogen (secondary N) is 1. The van der Waals surface area contributed by atoms with Gasteiger partial charge >= 0.3 is 0 Å². The lowest BCUT2D eigenvalue weighted by Gasteiger charge is -2.16. The van der Waals surface area contributed by atoms with E-state index in [0.29, 0.717) is 33.4 Å². The first-order valence-electron chi connectivity index (χ1n) is 10.5. The van der Waals surface area contributed by atoms with Crippen LogP contribution in [0.3, 0.4) is 0 Å². The number of rotatable bonds is 7. The zero-order chi connectivity index (χ0) is 25.2. The van der Waals surface area contributed by atoms with E-state index in [2.05, 4.69) is 19.7 Å². The number of pyridine rings is 1. The van der Waals surface area contributed by atoms with Crippen LogP contribution in [-0.2, 0) is 10.0 Å². The van der Waals surface area contributed by atoms with E-state index in [1.807, 2.05) is 0 Å². The number of sulfonamides is 1. The van der Waals surface area contributed by atoms with E-state index in [0.717, 1.165) is 6.07 Å². The maximum absolute atomic E-state index is 14.7. The zero-order valence-corrected chi connectivity index (χ0v) is 19.6. The molecule has 0 radical (unpaired) electrons. The monoisotopic (exact) mass is 497 g/mol.